The van der Waals surface area contributed by atoms with Crippen molar-refractivity contribution in [2.45, 2.75) is 25.6 Å². The van der Waals surface area contributed by atoms with Crippen LogP contribution in [0.25, 0.3) is 4.96 Å². The van der Waals surface area contributed by atoms with Crippen LogP contribution in [0.5, 0.6) is 0 Å². The molecule has 2 rings (SSSR count). The Morgan fingerprint density at radius 1 is 1.59 bits per heavy atom. The summed E-state index contributed by atoms with van der Waals surface area (Å²) in [5.74, 6) is 1.80. The summed E-state index contributed by atoms with van der Waals surface area (Å²) in [6, 6.07) is 0. The van der Waals surface area contributed by atoms with Crippen molar-refractivity contribution < 1.29 is 0 Å². The summed E-state index contributed by atoms with van der Waals surface area (Å²) < 4.78 is 2.17. The molecule has 0 aliphatic carbocycles. The minimum atomic E-state index is 0.697. The van der Waals surface area contributed by atoms with Crippen molar-refractivity contribution in [2.75, 3.05) is 18.5 Å². The van der Waals surface area contributed by atoms with Crippen LogP contribution in [0.4, 0.5) is 5.82 Å². The van der Waals surface area contributed by atoms with Crippen molar-refractivity contribution in [1.82, 2.24) is 9.38 Å². The Hall–Kier alpha value is -0.550. The zero-order valence-corrected chi connectivity index (χ0v) is 12.9. The standard InChI is InChI=1S/C12H18BrN3S/c1-4-9(2)8-15(3)11-10(7-13)16-5-6-17-12(16)14-11/h5-6,9H,4,7-8H2,1-3H3. The minimum absolute atomic E-state index is 0.697. The van der Waals surface area contributed by atoms with Crippen molar-refractivity contribution in [1.29, 1.82) is 0 Å². The van der Waals surface area contributed by atoms with Crippen LogP contribution in [0.15, 0.2) is 11.6 Å². The summed E-state index contributed by atoms with van der Waals surface area (Å²) in [4.78, 5) is 8.05. The van der Waals surface area contributed by atoms with Gasteiger partial charge in [0.1, 0.15) is 0 Å². The average Bonchev–Trinajstić information content (AvgIpc) is 2.87. The molecule has 1 atom stereocenters. The fourth-order valence-electron chi connectivity index (χ4n) is 1.93. The van der Waals surface area contributed by atoms with Crippen LogP contribution >= 0.6 is 27.3 Å². The molecule has 2 heterocycles. The molecular formula is C12H18BrN3S. The number of alkyl halides is 1. The summed E-state index contributed by atoms with van der Waals surface area (Å²) in [5.41, 5.74) is 1.24. The van der Waals surface area contributed by atoms with E-state index in [1.807, 2.05) is 0 Å². The number of nitrogens with zero attached hydrogens (tertiary/aromatic N) is 3. The maximum Gasteiger partial charge on any atom is 0.195 e. The Morgan fingerprint density at radius 2 is 2.35 bits per heavy atom. The molecular weight excluding hydrogens is 298 g/mol. The van der Waals surface area contributed by atoms with Gasteiger partial charge in [-0.25, -0.2) is 4.98 Å². The number of hydrogen-bond donors (Lipinski definition) is 0. The average molecular weight is 316 g/mol. The van der Waals surface area contributed by atoms with E-state index in [1.165, 1.54) is 12.1 Å². The number of anilines is 1. The van der Waals surface area contributed by atoms with Crippen LogP contribution in [-0.2, 0) is 5.33 Å². The Labute approximate surface area is 115 Å². The maximum absolute atomic E-state index is 4.71. The van der Waals surface area contributed by atoms with Gasteiger partial charge in [0, 0.05) is 30.5 Å². The van der Waals surface area contributed by atoms with Gasteiger partial charge >= 0.3 is 0 Å². The third kappa shape index (κ3) is 2.50. The molecule has 0 saturated carbocycles. The van der Waals surface area contributed by atoms with Gasteiger partial charge in [-0.1, -0.05) is 36.2 Å². The van der Waals surface area contributed by atoms with E-state index >= 15 is 0 Å². The fourth-order valence-corrected chi connectivity index (χ4v) is 3.18. The fraction of sp³-hybridized carbons (Fsp3) is 0.583. The lowest BCUT2D eigenvalue weighted by atomic mass is 10.1. The number of halogens is 1. The van der Waals surface area contributed by atoms with E-state index in [2.05, 4.69) is 57.7 Å². The van der Waals surface area contributed by atoms with E-state index in [9.17, 15) is 0 Å². The predicted octanol–water partition coefficient (Wildman–Crippen LogP) is 3.77. The quantitative estimate of drug-likeness (QED) is 0.783. The van der Waals surface area contributed by atoms with Gasteiger partial charge in [-0.2, -0.15) is 0 Å². The summed E-state index contributed by atoms with van der Waals surface area (Å²) in [5, 5.41) is 2.91. The molecule has 0 aliphatic rings. The second-order valence-corrected chi connectivity index (χ2v) is 5.90. The highest BCUT2D eigenvalue weighted by atomic mass is 79.9. The van der Waals surface area contributed by atoms with Gasteiger partial charge in [0.15, 0.2) is 10.8 Å². The zero-order valence-electron chi connectivity index (χ0n) is 10.5. The minimum Gasteiger partial charge on any atom is -0.358 e. The Kier molecular flexibility index (Phi) is 4.09. The van der Waals surface area contributed by atoms with E-state index in [0.29, 0.717) is 5.92 Å². The lowest BCUT2D eigenvalue weighted by molar-refractivity contribution is 0.557. The first-order valence-corrected chi connectivity index (χ1v) is 7.89. The molecule has 0 saturated heterocycles. The Bertz CT molecular complexity index is 491. The van der Waals surface area contributed by atoms with Crippen molar-refractivity contribution >= 4 is 38.0 Å². The molecule has 0 bridgehead atoms. The third-order valence-corrected chi connectivity index (χ3v) is 4.40. The molecule has 0 fully saturated rings. The van der Waals surface area contributed by atoms with Crippen LogP contribution in [0, 0.1) is 5.92 Å². The van der Waals surface area contributed by atoms with Gasteiger partial charge in [0.25, 0.3) is 0 Å². The zero-order chi connectivity index (χ0) is 12.4. The van der Waals surface area contributed by atoms with E-state index in [1.54, 1.807) is 11.3 Å². The molecule has 0 spiro atoms. The molecule has 3 nitrogen and oxygen atoms in total. The van der Waals surface area contributed by atoms with Crippen molar-refractivity contribution in [3.63, 3.8) is 0 Å². The first-order chi connectivity index (χ1) is 8.17. The molecule has 0 aliphatic heterocycles. The van der Waals surface area contributed by atoms with Gasteiger partial charge in [0.2, 0.25) is 0 Å². The highest BCUT2D eigenvalue weighted by Gasteiger charge is 2.16. The molecule has 0 radical (unpaired) electrons. The molecule has 17 heavy (non-hydrogen) atoms. The molecule has 1 unspecified atom stereocenters. The lowest BCUT2D eigenvalue weighted by Crippen LogP contribution is -2.24. The van der Waals surface area contributed by atoms with Crippen molar-refractivity contribution in [3.8, 4) is 0 Å². The number of thiazole rings is 1. The van der Waals surface area contributed by atoms with Crippen LogP contribution in [0.1, 0.15) is 26.0 Å². The van der Waals surface area contributed by atoms with Crippen molar-refractivity contribution in [2.24, 2.45) is 5.92 Å². The first-order valence-electron chi connectivity index (χ1n) is 5.88. The highest BCUT2D eigenvalue weighted by molar-refractivity contribution is 9.08. The van der Waals surface area contributed by atoms with Gasteiger partial charge in [-0.15, -0.1) is 11.3 Å². The largest absolute Gasteiger partial charge is 0.358 e. The Morgan fingerprint density at radius 3 is 3.00 bits per heavy atom. The highest BCUT2D eigenvalue weighted by Crippen LogP contribution is 2.26. The number of fused-ring (bicyclic) bond motifs is 1. The SMILES string of the molecule is CCC(C)CN(C)c1nc2sccn2c1CBr. The number of aromatic nitrogens is 2. The second-order valence-electron chi connectivity index (χ2n) is 4.47. The first kappa shape index (κ1) is 12.9. The molecule has 0 N–H and O–H groups in total. The smallest absolute Gasteiger partial charge is 0.195 e. The van der Waals surface area contributed by atoms with E-state index in [0.717, 1.165) is 22.7 Å². The van der Waals surface area contributed by atoms with E-state index in [-0.39, 0.29) is 0 Å². The summed E-state index contributed by atoms with van der Waals surface area (Å²) in [6.07, 6.45) is 3.29. The molecule has 0 aromatic carbocycles. The van der Waals surface area contributed by atoms with Gasteiger partial charge in [-0.05, 0) is 5.92 Å². The summed E-state index contributed by atoms with van der Waals surface area (Å²) in [6.45, 7) is 5.57. The normalized spacial score (nSPS) is 13.2. The van der Waals surface area contributed by atoms with E-state index in [4.69, 9.17) is 4.98 Å². The second kappa shape index (κ2) is 5.40. The van der Waals surface area contributed by atoms with Gasteiger partial charge in [-0.3, -0.25) is 4.40 Å². The Balaban J connectivity index is 2.30. The van der Waals surface area contributed by atoms with Crippen LogP contribution in [0.2, 0.25) is 0 Å². The number of imidazole rings is 1. The van der Waals surface area contributed by atoms with Crippen molar-refractivity contribution in [3.05, 3.63) is 17.3 Å². The van der Waals surface area contributed by atoms with Crippen LogP contribution < -0.4 is 4.90 Å². The van der Waals surface area contributed by atoms with Gasteiger partial charge in [0.05, 0.1) is 5.69 Å². The summed E-state index contributed by atoms with van der Waals surface area (Å²) >= 11 is 5.25. The third-order valence-electron chi connectivity index (χ3n) is 3.11. The topological polar surface area (TPSA) is 20.5 Å². The maximum atomic E-state index is 4.71. The molecule has 94 valence electrons. The lowest BCUT2D eigenvalue weighted by Gasteiger charge is -2.21. The summed E-state index contributed by atoms with van der Waals surface area (Å²) in [7, 11) is 2.13. The van der Waals surface area contributed by atoms with Crippen LogP contribution in [0.3, 0.4) is 0 Å². The number of rotatable bonds is 5. The molecule has 2 aromatic rings. The molecule has 2 aromatic heterocycles. The predicted molar refractivity (Wildman–Crippen MR) is 78.4 cm³/mol. The number of hydrogen-bond acceptors (Lipinski definition) is 3. The molecule has 5 heteroatoms. The molecule has 0 amide bonds. The monoisotopic (exact) mass is 315 g/mol. The van der Waals surface area contributed by atoms with Crippen LogP contribution in [-0.4, -0.2) is 23.0 Å². The van der Waals surface area contributed by atoms with Gasteiger partial charge < -0.3 is 4.90 Å². The van der Waals surface area contributed by atoms with E-state index < -0.39 is 0 Å².